The van der Waals surface area contributed by atoms with Gasteiger partial charge in [-0.2, -0.15) is 0 Å². The van der Waals surface area contributed by atoms with Crippen LogP contribution in [-0.4, -0.2) is 22.7 Å². The molecule has 3 aromatic carbocycles. The summed E-state index contributed by atoms with van der Waals surface area (Å²) >= 11 is 5.86. The Bertz CT molecular complexity index is 1400. The Kier molecular flexibility index (Phi) is 5.04. The summed E-state index contributed by atoms with van der Waals surface area (Å²) in [6, 6.07) is 19.6. The zero-order valence-electron chi connectivity index (χ0n) is 17.2. The number of benzene rings is 3. The second-order valence-electron chi connectivity index (χ2n) is 7.53. The zero-order chi connectivity index (χ0) is 22.2. The van der Waals surface area contributed by atoms with Gasteiger partial charge in [-0.05, 0) is 48.5 Å². The molecule has 1 aliphatic heterocycles. The highest BCUT2D eigenvalue weighted by molar-refractivity contribution is 6.30. The highest BCUT2D eigenvalue weighted by Crippen LogP contribution is 2.35. The Morgan fingerprint density at radius 3 is 2.69 bits per heavy atom. The minimum absolute atomic E-state index is 0.132. The van der Waals surface area contributed by atoms with E-state index in [1.54, 1.807) is 48.5 Å². The first-order valence-electron chi connectivity index (χ1n) is 10.0. The topological polar surface area (TPSA) is 57.5 Å². The molecular formula is C26H18ClNO4. The number of para-hydroxylation sites is 1. The molecule has 0 saturated heterocycles. The smallest absolute Gasteiger partial charge is 0.231 e. The number of ether oxygens (including phenoxy) is 2. The summed E-state index contributed by atoms with van der Waals surface area (Å²) in [5.74, 6) is 0.765. The molecule has 0 radical (unpaired) electrons. The van der Waals surface area contributed by atoms with Gasteiger partial charge in [0.05, 0.1) is 5.56 Å². The molecule has 0 saturated carbocycles. The summed E-state index contributed by atoms with van der Waals surface area (Å²) in [6.45, 7) is -0.132. The van der Waals surface area contributed by atoms with Crippen molar-refractivity contribution in [3.63, 3.8) is 0 Å². The van der Waals surface area contributed by atoms with Crippen LogP contribution in [0.25, 0.3) is 17.0 Å². The molecule has 0 fully saturated rings. The molecule has 2 heterocycles. The highest BCUT2D eigenvalue weighted by Gasteiger charge is 2.28. The van der Waals surface area contributed by atoms with Crippen LogP contribution in [0.5, 0.6) is 11.5 Å². The van der Waals surface area contributed by atoms with Gasteiger partial charge >= 0.3 is 0 Å². The maximum absolute atomic E-state index is 12.8. The third-order valence-electron chi connectivity index (χ3n) is 5.39. The van der Waals surface area contributed by atoms with E-state index < -0.39 is 0 Å². The molecule has 0 bridgehead atoms. The van der Waals surface area contributed by atoms with Crippen LogP contribution in [0.3, 0.4) is 0 Å². The summed E-state index contributed by atoms with van der Waals surface area (Å²) in [7, 11) is 1.96. The number of fused-ring (bicyclic) bond motifs is 2. The fraction of sp³-hybridized carbons (Fsp3) is 0.0769. The minimum Gasteiger partial charge on any atom is -0.485 e. The molecule has 32 heavy (non-hydrogen) atoms. The fourth-order valence-electron chi connectivity index (χ4n) is 3.75. The SMILES string of the molecule is Cn1cc(/C=C2\Oc3cc(OCC(=O)c4ccc(Cl)cc4)ccc3C2=O)c2ccccc21. The number of ketones is 2. The zero-order valence-corrected chi connectivity index (χ0v) is 17.9. The van der Waals surface area contributed by atoms with E-state index in [9.17, 15) is 9.59 Å². The number of carbonyl (C=O) groups excluding carboxylic acids is 2. The van der Waals surface area contributed by atoms with Crippen LogP contribution in [0.4, 0.5) is 0 Å². The molecule has 1 aliphatic rings. The number of carbonyl (C=O) groups is 2. The first kappa shape index (κ1) is 20.1. The third kappa shape index (κ3) is 3.67. The quantitative estimate of drug-likeness (QED) is 0.293. The Balaban J connectivity index is 1.34. The fourth-order valence-corrected chi connectivity index (χ4v) is 3.88. The minimum atomic E-state index is -0.184. The van der Waals surface area contributed by atoms with E-state index >= 15 is 0 Å². The first-order chi connectivity index (χ1) is 15.5. The van der Waals surface area contributed by atoms with Gasteiger partial charge < -0.3 is 14.0 Å². The molecule has 0 atom stereocenters. The van der Waals surface area contributed by atoms with Gasteiger partial charge in [-0.15, -0.1) is 0 Å². The molecule has 0 unspecified atom stereocenters. The van der Waals surface area contributed by atoms with Crippen LogP contribution in [0.15, 0.2) is 78.7 Å². The maximum atomic E-state index is 12.8. The van der Waals surface area contributed by atoms with Crippen LogP contribution >= 0.6 is 11.6 Å². The number of halogens is 1. The lowest BCUT2D eigenvalue weighted by Crippen LogP contribution is -2.11. The number of Topliss-reactive ketones (excluding diaryl/α,β-unsaturated/α-hetero) is 2. The first-order valence-corrected chi connectivity index (χ1v) is 10.4. The Morgan fingerprint density at radius 2 is 1.88 bits per heavy atom. The number of rotatable bonds is 5. The summed E-state index contributed by atoms with van der Waals surface area (Å²) in [5.41, 5.74) is 2.96. The molecule has 4 aromatic rings. The molecule has 0 aliphatic carbocycles. The van der Waals surface area contributed by atoms with Crippen molar-refractivity contribution in [1.82, 2.24) is 4.57 Å². The van der Waals surface area contributed by atoms with Gasteiger partial charge in [-0.25, -0.2) is 0 Å². The van der Waals surface area contributed by atoms with Crippen molar-refractivity contribution in [2.45, 2.75) is 0 Å². The molecule has 5 rings (SSSR count). The average Bonchev–Trinajstić information content (AvgIpc) is 3.29. The van der Waals surface area contributed by atoms with Gasteiger partial charge in [-0.1, -0.05) is 29.8 Å². The van der Waals surface area contributed by atoms with Crippen LogP contribution in [-0.2, 0) is 7.05 Å². The standard InChI is InChI=1S/C26H18ClNO4/c1-28-14-17(20-4-2-3-5-22(20)28)12-25-26(30)21-11-10-19(13-24(21)32-25)31-15-23(29)16-6-8-18(27)9-7-16/h2-14H,15H2,1H3/b25-12-. The Hall–Kier alpha value is -3.83. The lowest BCUT2D eigenvalue weighted by atomic mass is 10.1. The normalized spacial score (nSPS) is 13.9. The van der Waals surface area contributed by atoms with Crippen molar-refractivity contribution >= 4 is 40.1 Å². The number of aryl methyl sites for hydroxylation is 1. The van der Waals surface area contributed by atoms with Gasteiger partial charge in [-0.3, -0.25) is 9.59 Å². The van der Waals surface area contributed by atoms with Crippen molar-refractivity contribution in [3.05, 3.63) is 100 Å². The predicted octanol–water partition coefficient (Wildman–Crippen LogP) is 5.71. The molecule has 0 N–H and O–H groups in total. The van der Waals surface area contributed by atoms with Crippen molar-refractivity contribution < 1.29 is 19.1 Å². The van der Waals surface area contributed by atoms with E-state index in [4.69, 9.17) is 21.1 Å². The second-order valence-corrected chi connectivity index (χ2v) is 7.97. The van der Waals surface area contributed by atoms with Crippen molar-refractivity contribution in [3.8, 4) is 11.5 Å². The van der Waals surface area contributed by atoms with Crippen LogP contribution in [0, 0.1) is 0 Å². The van der Waals surface area contributed by atoms with Crippen molar-refractivity contribution in [1.29, 1.82) is 0 Å². The molecule has 1 aromatic heterocycles. The van der Waals surface area contributed by atoms with E-state index in [0.717, 1.165) is 16.5 Å². The summed E-state index contributed by atoms with van der Waals surface area (Å²) in [6.07, 6.45) is 3.73. The number of nitrogens with zero attached hydrogens (tertiary/aromatic N) is 1. The molecule has 6 heteroatoms. The Morgan fingerprint density at radius 1 is 1.09 bits per heavy atom. The third-order valence-corrected chi connectivity index (χ3v) is 5.64. The maximum Gasteiger partial charge on any atom is 0.231 e. The lowest BCUT2D eigenvalue weighted by Gasteiger charge is -2.07. The van der Waals surface area contributed by atoms with Crippen LogP contribution < -0.4 is 9.47 Å². The van der Waals surface area contributed by atoms with Gasteiger partial charge in [0.2, 0.25) is 5.78 Å². The monoisotopic (exact) mass is 443 g/mol. The number of hydrogen-bond donors (Lipinski definition) is 0. The highest BCUT2D eigenvalue weighted by atomic mass is 35.5. The van der Waals surface area contributed by atoms with Gasteiger partial charge in [0.25, 0.3) is 0 Å². The van der Waals surface area contributed by atoms with E-state index in [1.165, 1.54) is 0 Å². The Labute approximate surface area is 189 Å². The van der Waals surface area contributed by atoms with E-state index in [-0.39, 0.29) is 23.9 Å². The van der Waals surface area contributed by atoms with Crippen LogP contribution in [0.1, 0.15) is 26.3 Å². The number of hydrogen-bond acceptors (Lipinski definition) is 4. The molecule has 5 nitrogen and oxygen atoms in total. The molecule has 0 spiro atoms. The van der Waals surface area contributed by atoms with Crippen molar-refractivity contribution in [2.24, 2.45) is 7.05 Å². The summed E-state index contributed by atoms with van der Waals surface area (Å²) in [5, 5.41) is 1.61. The van der Waals surface area contributed by atoms with Gasteiger partial charge in [0.1, 0.15) is 11.5 Å². The summed E-state index contributed by atoms with van der Waals surface area (Å²) in [4.78, 5) is 25.1. The van der Waals surface area contributed by atoms with Crippen molar-refractivity contribution in [2.75, 3.05) is 6.61 Å². The number of aromatic nitrogens is 1. The molecule has 158 valence electrons. The number of allylic oxidation sites excluding steroid dienone is 1. The predicted molar refractivity (Wildman–Crippen MR) is 124 cm³/mol. The largest absolute Gasteiger partial charge is 0.485 e. The molecular weight excluding hydrogens is 426 g/mol. The lowest BCUT2D eigenvalue weighted by molar-refractivity contribution is 0.0921. The van der Waals surface area contributed by atoms with E-state index in [2.05, 4.69) is 0 Å². The van der Waals surface area contributed by atoms with Crippen LogP contribution in [0.2, 0.25) is 5.02 Å². The summed E-state index contributed by atoms with van der Waals surface area (Å²) < 4.78 is 13.5. The average molecular weight is 444 g/mol. The van der Waals surface area contributed by atoms with Gasteiger partial charge in [0, 0.05) is 46.4 Å². The van der Waals surface area contributed by atoms with E-state index in [1.807, 2.05) is 42.1 Å². The van der Waals surface area contributed by atoms with Gasteiger partial charge in [0.15, 0.2) is 18.1 Å². The second kappa shape index (κ2) is 8.02. The van der Waals surface area contributed by atoms with E-state index in [0.29, 0.717) is 27.6 Å². The molecule has 0 amide bonds.